The SMILES string of the molecule is CC(=O)N[C@H]1CCCN(c2ccnc(C)n2)[C@H]1Cc1ccc(F)cc1. The number of aryl methyl sites for hydroxylation is 1. The topological polar surface area (TPSA) is 58.1 Å². The van der Waals surface area contributed by atoms with Crippen molar-refractivity contribution in [2.45, 2.75) is 45.2 Å². The van der Waals surface area contributed by atoms with Gasteiger partial charge in [0.1, 0.15) is 17.5 Å². The van der Waals surface area contributed by atoms with Crippen LogP contribution in [0.15, 0.2) is 36.5 Å². The van der Waals surface area contributed by atoms with Crippen molar-refractivity contribution in [1.82, 2.24) is 15.3 Å². The summed E-state index contributed by atoms with van der Waals surface area (Å²) in [6.07, 6.45) is 4.38. The van der Waals surface area contributed by atoms with E-state index in [2.05, 4.69) is 20.2 Å². The molecule has 1 aliphatic heterocycles. The molecule has 25 heavy (non-hydrogen) atoms. The maximum absolute atomic E-state index is 13.2. The molecule has 0 saturated carbocycles. The summed E-state index contributed by atoms with van der Waals surface area (Å²) in [6, 6.07) is 8.57. The van der Waals surface area contributed by atoms with Crippen LogP contribution < -0.4 is 10.2 Å². The molecular formula is C19H23FN4O. The molecule has 1 saturated heterocycles. The lowest BCUT2D eigenvalue weighted by Crippen LogP contribution is -2.56. The van der Waals surface area contributed by atoms with Gasteiger partial charge in [0.15, 0.2) is 0 Å². The molecule has 2 aromatic rings. The third-order valence-electron chi connectivity index (χ3n) is 4.58. The number of piperidine rings is 1. The number of amides is 1. The van der Waals surface area contributed by atoms with Gasteiger partial charge < -0.3 is 10.2 Å². The van der Waals surface area contributed by atoms with Crippen molar-refractivity contribution in [1.29, 1.82) is 0 Å². The zero-order valence-electron chi connectivity index (χ0n) is 14.6. The van der Waals surface area contributed by atoms with Gasteiger partial charge in [-0.3, -0.25) is 4.79 Å². The van der Waals surface area contributed by atoms with Crippen LogP contribution in [0, 0.1) is 12.7 Å². The first-order chi connectivity index (χ1) is 12.0. The molecule has 2 heterocycles. The van der Waals surface area contributed by atoms with Gasteiger partial charge >= 0.3 is 0 Å². The molecule has 1 aliphatic rings. The fourth-order valence-electron chi connectivity index (χ4n) is 3.49. The third-order valence-corrected chi connectivity index (χ3v) is 4.58. The molecule has 0 unspecified atom stereocenters. The predicted octanol–water partition coefficient (Wildman–Crippen LogP) is 2.64. The van der Waals surface area contributed by atoms with E-state index >= 15 is 0 Å². The van der Waals surface area contributed by atoms with Gasteiger partial charge in [0, 0.05) is 25.7 Å². The monoisotopic (exact) mass is 342 g/mol. The summed E-state index contributed by atoms with van der Waals surface area (Å²) in [5, 5.41) is 3.08. The summed E-state index contributed by atoms with van der Waals surface area (Å²) in [5.41, 5.74) is 1.04. The average molecular weight is 342 g/mol. The number of carbonyl (C=O) groups is 1. The van der Waals surface area contributed by atoms with Crippen molar-refractivity contribution in [3.63, 3.8) is 0 Å². The highest BCUT2D eigenvalue weighted by Crippen LogP contribution is 2.26. The second-order valence-electron chi connectivity index (χ2n) is 6.50. The van der Waals surface area contributed by atoms with Gasteiger partial charge in [-0.25, -0.2) is 14.4 Å². The van der Waals surface area contributed by atoms with Crippen molar-refractivity contribution in [3.05, 3.63) is 53.7 Å². The molecule has 3 rings (SSSR count). The largest absolute Gasteiger partial charge is 0.352 e. The molecule has 1 fully saturated rings. The Labute approximate surface area is 147 Å². The predicted molar refractivity (Wildman–Crippen MR) is 94.8 cm³/mol. The lowest BCUT2D eigenvalue weighted by Gasteiger charge is -2.42. The fourth-order valence-corrected chi connectivity index (χ4v) is 3.49. The fraction of sp³-hybridized carbons (Fsp3) is 0.421. The number of anilines is 1. The Balaban J connectivity index is 1.90. The molecule has 1 aromatic heterocycles. The number of benzene rings is 1. The van der Waals surface area contributed by atoms with Crippen molar-refractivity contribution in [2.24, 2.45) is 0 Å². The summed E-state index contributed by atoms with van der Waals surface area (Å²) in [7, 11) is 0. The van der Waals surface area contributed by atoms with E-state index in [-0.39, 0.29) is 23.8 Å². The van der Waals surface area contributed by atoms with Gasteiger partial charge in [0.05, 0.1) is 6.04 Å². The van der Waals surface area contributed by atoms with Crippen LogP contribution in [0.3, 0.4) is 0 Å². The van der Waals surface area contributed by atoms with E-state index in [9.17, 15) is 9.18 Å². The maximum atomic E-state index is 13.2. The van der Waals surface area contributed by atoms with Crippen molar-refractivity contribution in [2.75, 3.05) is 11.4 Å². The summed E-state index contributed by atoms with van der Waals surface area (Å²) >= 11 is 0. The Morgan fingerprint density at radius 3 is 2.76 bits per heavy atom. The number of aromatic nitrogens is 2. The molecule has 0 spiro atoms. The first kappa shape index (κ1) is 17.3. The van der Waals surface area contributed by atoms with Crippen molar-refractivity contribution < 1.29 is 9.18 Å². The van der Waals surface area contributed by atoms with E-state index in [0.717, 1.165) is 36.6 Å². The van der Waals surface area contributed by atoms with E-state index in [4.69, 9.17) is 0 Å². The molecule has 1 N–H and O–H groups in total. The smallest absolute Gasteiger partial charge is 0.217 e. The van der Waals surface area contributed by atoms with Gasteiger partial charge in [-0.05, 0) is 49.9 Å². The molecule has 1 amide bonds. The second-order valence-corrected chi connectivity index (χ2v) is 6.50. The first-order valence-electron chi connectivity index (χ1n) is 8.61. The minimum atomic E-state index is -0.242. The number of halogens is 1. The Bertz CT molecular complexity index is 734. The van der Waals surface area contributed by atoms with Gasteiger partial charge in [-0.2, -0.15) is 0 Å². The molecular weight excluding hydrogens is 319 g/mol. The lowest BCUT2D eigenvalue weighted by atomic mass is 9.90. The van der Waals surface area contributed by atoms with E-state index in [0.29, 0.717) is 6.42 Å². The molecule has 5 nitrogen and oxygen atoms in total. The van der Waals surface area contributed by atoms with E-state index in [1.54, 1.807) is 25.3 Å². The number of rotatable bonds is 4. The van der Waals surface area contributed by atoms with Crippen LogP contribution in [-0.2, 0) is 11.2 Å². The normalized spacial score (nSPS) is 20.4. The highest BCUT2D eigenvalue weighted by atomic mass is 19.1. The Kier molecular flexibility index (Phi) is 5.26. The zero-order chi connectivity index (χ0) is 17.8. The lowest BCUT2D eigenvalue weighted by molar-refractivity contribution is -0.119. The highest BCUT2D eigenvalue weighted by molar-refractivity contribution is 5.73. The molecule has 0 radical (unpaired) electrons. The molecule has 0 aliphatic carbocycles. The Morgan fingerprint density at radius 2 is 2.08 bits per heavy atom. The second kappa shape index (κ2) is 7.59. The van der Waals surface area contributed by atoms with Crippen LogP contribution in [-0.4, -0.2) is 34.5 Å². The molecule has 0 bridgehead atoms. The van der Waals surface area contributed by atoms with Crippen molar-refractivity contribution in [3.8, 4) is 0 Å². The third kappa shape index (κ3) is 4.32. The molecule has 6 heteroatoms. The van der Waals surface area contributed by atoms with Gasteiger partial charge in [-0.15, -0.1) is 0 Å². The quantitative estimate of drug-likeness (QED) is 0.928. The van der Waals surface area contributed by atoms with Gasteiger partial charge in [-0.1, -0.05) is 12.1 Å². The van der Waals surface area contributed by atoms with E-state index in [1.807, 2.05) is 13.0 Å². The summed E-state index contributed by atoms with van der Waals surface area (Å²) in [5.74, 6) is 1.32. The number of nitrogens with one attached hydrogen (secondary N) is 1. The Hall–Kier alpha value is -2.50. The number of hydrogen-bond acceptors (Lipinski definition) is 4. The van der Waals surface area contributed by atoms with E-state index in [1.165, 1.54) is 12.1 Å². The van der Waals surface area contributed by atoms with Gasteiger partial charge in [0.2, 0.25) is 5.91 Å². The number of carbonyl (C=O) groups excluding carboxylic acids is 1. The van der Waals surface area contributed by atoms with Gasteiger partial charge in [0.25, 0.3) is 0 Å². The Morgan fingerprint density at radius 1 is 1.32 bits per heavy atom. The summed E-state index contributed by atoms with van der Waals surface area (Å²) < 4.78 is 13.2. The maximum Gasteiger partial charge on any atom is 0.217 e. The van der Waals surface area contributed by atoms with Crippen LogP contribution in [0.5, 0.6) is 0 Å². The minimum Gasteiger partial charge on any atom is -0.352 e. The molecule has 2 atom stereocenters. The molecule has 132 valence electrons. The number of hydrogen-bond donors (Lipinski definition) is 1. The van der Waals surface area contributed by atoms with Crippen LogP contribution in [0.4, 0.5) is 10.2 Å². The molecule has 1 aromatic carbocycles. The van der Waals surface area contributed by atoms with E-state index < -0.39 is 0 Å². The number of nitrogens with zero attached hydrogens (tertiary/aromatic N) is 3. The minimum absolute atomic E-state index is 0.0326. The zero-order valence-corrected chi connectivity index (χ0v) is 14.6. The van der Waals surface area contributed by atoms with Crippen LogP contribution >= 0.6 is 0 Å². The first-order valence-corrected chi connectivity index (χ1v) is 8.61. The average Bonchev–Trinajstić information content (AvgIpc) is 2.58. The summed E-state index contributed by atoms with van der Waals surface area (Å²) in [4.78, 5) is 22.6. The summed E-state index contributed by atoms with van der Waals surface area (Å²) in [6.45, 7) is 4.29. The standard InChI is InChI=1S/C19H23FN4O/c1-13-21-10-9-19(22-13)24-11-3-4-17(23-14(2)25)18(24)12-15-5-7-16(20)8-6-15/h5-10,17-18H,3-4,11-12H2,1-2H3,(H,23,25)/t17-,18-/m0/s1. The van der Waals surface area contributed by atoms with Crippen LogP contribution in [0.2, 0.25) is 0 Å². The van der Waals surface area contributed by atoms with Crippen molar-refractivity contribution >= 4 is 11.7 Å². The van der Waals surface area contributed by atoms with Crippen LogP contribution in [0.1, 0.15) is 31.2 Å². The highest BCUT2D eigenvalue weighted by Gasteiger charge is 2.33. The van der Waals surface area contributed by atoms with Crippen LogP contribution in [0.25, 0.3) is 0 Å².